The van der Waals surface area contributed by atoms with Crippen LogP contribution in [0.5, 0.6) is 5.75 Å². The summed E-state index contributed by atoms with van der Waals surface area (Å²) in [5.41, 5.74) is 10.1. The van der Waals surface area contributed by atoms with E-state index in [0.717, 1.165) is 47.8 Å². The van der Waals surface area contributed by atoms with Crippen molar-refractivity contribution in [2.75, 3.05) is 5.73 Å². The molecule has 5 heteroatoms. The molecular formula is C18H22N2O3. The number of hydrogen-bond acceptors (Lipinski definition) is 4. The topological polar surface area (TPSA) is 85.4 Å². The van der Waals surface area contributed by atoms with E-state index in [1.54, 1.807) is 13.0 Å². The van der Waals surface area contributed by atoms with E-state index < -0.39 is 12.1 Å². The van der Waals surface area contributed by atoms with E-state index in [0.29, 0.717) is 17.9 Å². The first-order chi connectivity index (χ1) is 11.1. The van der Waals surface area contributed by atoms with Crippen LogP contribution in [0.1, 0.15) is 43.9 Å². The molecule has 1 unspecified atom stereocenters. The Morgan fingerprint density at radius 2 is 2.13 bits per heavy atom. The summed E-state index contributed by atoms with van der Waals surface area (Å²) in [4.78, 5) is 16.0. The molecule has 1 aliphatic carbocycles. The molecule has 0 spiro atoms. The average Bonchev–Trinajstić information content (AvgIpc) is 2.78. The minimum absolute atomic E-state index is 0.393. The van der Waals surface area contributed by atoms with Gasteiger partial charge in [-0.15, -0.1) is 0 Å². The molecule has 1 aromatic carbocycles. The van der Waals surface area contributed by atoms with Crippen LogP contribution in [0.4, 0.5) is 5.69 Å². The summed E-state index contributed by atoms with van der Waals surface area (Å²) < 4.78 is 5.72. The number of aromatic nitrogens is 1. The van der Waals surface area contributed by atoms with Gasteiger partial charge < -0.3 is 15.6 Å². The quantitative estimate of drug-likeness (QED) is 0.845. The molecule has 0 saturated heterocycles. The predicted molar refractivity (Wildman–Crippen MR) is 89.8 cm³/mol. The highest BCUT2D eigenvalue weighted by Gasteiger charge is 2.21. The fourth-order valence-corrected chi connectivity index (χ4v) is 3.22. The molecule has 1 atom stereocenters. The normalized spacial score (nSPS) is 15.7. The fraction of sp³-hybridized carbons (Fsp3) is 0.444. The van der Waals surface area contributed by atoms with Gasteiger partial charge in [-0.25, -0.2) is 4.79 Å². The van der Waals surface area contributed by atoms with Crippen molar-refractivity contribution in [1.29, 1.82) is 0 Å². The van der Waals surface area contributed by atoms with E-state index in [-0.39, 0.29) is 0 Å². The average molecular weight is 314 g/mol. The predicted octanol–water partition coefficient (Wildman–Crippen LogP) is 3.33. The van der Waals surface area contributed by atoms with Crippen LogP contribution in [-0.4, -0.2) is 22.2 Å². The van der Waals surface area contributed by atoms with Gasteiger partial charge in [0.05, 0.1) is 10.9 Å². The minimum Gasteiger partial charge on any atom is -0.479 e. The smallest absolute Gasteiger partial charge is 0.344 e. The van der Waals surface area contributed by atoms with Gasteiger partial charge in [0, 0.05) is 11.4 Å². The molecule has 0 aliphatic heterocycles. The third-order valence-corrected chi connectivity index (χ3v) is 4.46. The standard InChI is InChI=1S/C18H22N2O3/c1-2-14(18(21)22)23-15-10-6-9-13-16(15)17(19)11-7-4-3-5-8-12(11)20-13/h6,9-10,14H,2-5,7-8H2,1H3,(H2,19,20)(H,21,22). The van der Waals surface area contributed by atoms with Crippen molar-refractivity contribution in [2.24, 2.45) is 0 Å². The van der Waals surface area contributed by atoms with Gasteiger partial charge in [-0.2, -0.15) is 0 Å². The van der Waals surface area contributed by atoms with Crippen LogP contribution in [0.15, 0.2) is 18.2 Å². The van der Waals surface area contributed by atoms with Crippen LogP contribution in [0.2, 0.25) is 0 Å². The minimum atomic E-state index is -0.967. The molecule has 1 aliphatic rings. The van der Waals surface area contributed by atoms with Crippen molar-refractivity contribution < 1.29 is 14.6 Å². The molecule has 0 bridgehead atoms. The molecule has 3 rings (SSSR count). The Hall–Kier alpha value is -2.30. The summed E-state index contributed by atoms with van der Waals surface area (Å²) >= 11 is 0. The number of anilines is 1. The SMILES string of the molecule is CCC(Oc1cccc2nc3c(c(N)c12)CCCCC3)C(=O)O. The van der Waals surface area contributed by atoms with Gasteiger partial charge in [-0.3, -0.25) is 4.98 Å². The third-order valence-electron chi connectivity index (χ3n) is 4.46. The van der Waals surface area contributed by atoms with E-state index in [2.05, 4.69) is 0 Å². The molecule has 3 N–H and O–H groups in total. The van der Waals surface area contributed by atoms with E-state index in [1.165, 1.54) is 6.42 Å². The number of nitrogen functional groups attached to an aromatic ring is 1. The van der Waals surface area contributed by atoms with Gasteiger partial charge in [0.25, 0.3) is 0 Å². The molecule has 0 fully saturated rings. The maximum absolute atomic E-state index is 11.3. The van der Waals surface area contributed by atoms with Gasteiger partial charge >= 0.3 is 5.97 Å². The number of carboxylic acids is 1. The maximum Gasteiger partial charge on any atom is 0.344 e. The first-order valence-corrected chi connectivity index (χ1v) is 8.21. The Bertz CT molecular complexity index is 743. The molecule has 0 amide bonds. The number of aliphatic carboxylic acids is 1. The van der Waals surface area contributed by atoms with Gasteiger partial charge in [-0.1, -0.05) is 19.4 Å². The monoisotopic (exact) mass is 314 g/mol. The van der Waals surface area contributed by atoms with Crippen LogP contribution < -0.4 is 10.5 Å². The van der Waals surface area contributed by atoms with Gasteiger partial charge in [0.1, 0.15) is 5.75 Å². The number of hydrogen-bond donors (Lipinski definition) is 2. The van der Waals surface area contributed by atoms with Crippen LogP contribution in [-0.2, 0) is 17.6 Å². The Kier molecular flexibility index (Phi) is 4.37. The molecule has 122 valence electrons. The lowest BCUT2D eigenvalue weighted by Crippen LogP contribution is -2.26. The van der Waals surface area contributed by atoms with Crippen LogP contribution in [0.25, 0.3) is 10.9 Å². The summed E-state index contributed by atoms with van der Waals surface area (Å²) in [5, 5.41) is 9.98. The first-order valence-electron chi connectivity index (χ1n) is 8.21. The van der Waals surface area contributed by atoms with E-state index in [9.17, 15) is 9.90 Å². The van der Waals surface area contributed by atoms with Crippen molar-refractivity contribution >= 4 is 22.6 Å². The summed E-state index contributed by atoms with van der Waals surface area (Å²) in [5.74, 6) is -0.459. The lowest BCUT2D eigenvalue weighted by Gasteiger charge is -2.18. The van der Waals surface area contributed by atoms with Crippen LogP contribution >= 0.6 is 0 Å². The Balaban J connectivity index is 2.13. The number of aryl methyl sites for hydroxylation is 1. The van der Waals surface area contributed by atoms with Crippen molar-refractivity contribution in [3.8, 4) is 5.75 Å². The molecule has 0 saturated carbocycles. The van der Waals surface area contributed by atoms with Crippen molar-refractivity contribution in [2.45, 2.75) is 51.6 Å². The number of pyridine rings is 1. The highest BCUT2D eigenvalue weighted by molar-refractivity contribution is 5.97. The van der Waals surface area contributed by atoms with E-state index in [4.69, 9.17) is 15.5 Å². The van der Waals surface area contributed by atoms with E-state index in [1.807, 2.05) is 12.1 Å². The number of benzene rings is 1. The molecule has 1 aromatic heterocycles. The zero-order valence-corrected chi connectivity index (χ0v) is 13.3. The lowest BCUT2D eigenvalue weighted by molar-refractivity contribution is -0.145. The number of nitrogens with two attached hydrogens (primary N) is 1. The van der Waals surface area contributed by atoms with Crippen molar-refractivity contribution in [3.63, 3.8) is 0 Å². The van der Waals surface area contributed by atoms with Crippen LogP contribution in [0.3, 0.4) is 0 Å². The molecule has 0 radical (unpaired) electrons. The summed E-state index contributed by atoms with van der Waals surface area (Å²) in [6, 6.07) is 5.52. The Labute approximate surface area is 135 Å². The molecule has 1 heterocycles. The number of fused-ring (bicyclic) bond motifs is 2. The largest absolute Gasteiger partial charge is 0.479 e. The summed E-state index contributed by atoms with van der Waals surface area (Å²) in [6.07, 6.45) is 4.83. The highest BCUT2D eigenvalue weighted by atomic mass is 16.5. The second kappa shape index (κ2) is 6.44. The number of ether oxygens (including phenoxy) is 1. The molecule has 2 aromatic rings. The first kappa shape index (κ1) is 15.6. The van der Waals surface area contributed by atoms with Gasteiger partial charge in [0.15, 0.2) is 6.10 Å². The number of nitrogens with zero attached hydrogens (tertiary/aromatic N) is 1. The van der Waals surface area contributed by atoms with Crippen molar-refractivity contribution in [1.82, 2.24) is 4.98 Å². The zero-order chi connectivity index (χ0) is 16.4. The fourth-order valence-electron chi connectivity index (χ4n) is 3.22. The molecule has 5 nitrogen and oxygen atoms in total. The second-order valence-electron chi connectivity index (χ2n) is 6.01. The van der Waals surface area contributed by atoms with Crippen LogP contribution in [0, 0.1) is 0 Å². The Morgan fingerprint density at radius 1 is 1.35 bits per heavy atom. The van der Waals surface area contributed by atoms with Gasteiger partial charge in [0.2, 0.25) is 0 Å². The van der Waals surface area contributed by atoms with Crippen molar-refractivity contribution in [3.05, 3.63) is 29.5 Å². The summed E-state index contributed by atoms with van der Waals surface area (Å²) in [6.45, 7) is 1.79. The van der Waals surface area contributed by atoms with E-state index >= 15 is 0 Å². The Morgan fingerprint density at radius 3 is 2.87 bits per heavy atom. The molecule has 23 heavy (non-hydrogen) atoms. The maximum atomic E-state index is 11.3. The number of carbonyl (C=O) groups is 1. The summed E-state index contributed by atoms with van der Waals surface area (Å²) in [7, 11) is 0. The van der Waals surface area contributed by atoms with Gasteiger partial charge in [-0.05, 0) is 49.8 Å². The molecular weight excluding hydrogens is 292 g/mol. The lowest BCUT2D eigenvalue weighted by atomic mass is 10.0. The number of carboxylic acid groups (broad SMARTS) is 1. The third kappa shape index (κ3) is 2.96. The number of rotatable bonds is 4. The zero-order valence-electron chi connectivity index (χ0n) is 13.3. The second-order valence-corrected chi connectivity index (χ2v) is 6.01. The highest BCUT2D eigenvalue weighted by Crippen LogP contribution is 2.36.